The SMILES string of the molecule is Cc1cc(Nc2cc(C(F)(F)F)ccn2)nc(-c2ccc(NC3CCN(C(=O)c4cccc(C(F)(F)F)c4)CC3)nc2)c1. The first-order valence-electron chi connectivity index (χ1n) is 13.3. The molecular formula is C30H26F6N6O. The van der Waals surface area contributed by atoms with E-state index in [9.17, 15) is 31.1 Å². The number of alkyl halides is 6. The van der Waals surface area contributed by atoms with E-state index in [1.165, 1.54) is 12.1 Å². The minimum absolute atomic E-state index is 0.00712. The van der Waals surface area contributed by atoms with Crippen LogP contribution in [0.2, 0.25) is 0 Å². The van der Waals surface area contributed by atoms with Gasteiger partial charge in [0, 0.05) is 42.7 Å². The van der Waals surface area contributed by atoms with Gasteiger partial charge in [0.25, 0.3) is 5.91 Å². The van der Waals surface area contributed by atoms with Crippen LogP contribution in [0.15, 0.2) is 73.1 Å². The number of piperidine rings is 1. The fraction of sp³-hybridized carbons (Fsp3) is 0.267. The number of likely N-dealkylation sites (tertiary alicyclic amines) is 1. The summed E-state index contributed by atoms with van der Waals surface area (Å²) in [6.07, 6.45) is -5.13. The van der Waals surface area contributed by atoms with Crippen LogP contribution in [-0.2, 0) is 12.4 Å². The van der Waals surface area contributed by atoms with Gasteiger partial charge < -0.3 is 15.5 Å². The standard InChI is InChI=1S/C30H26F6N6O/c1-18-13-24(40-27(14-18)41-26-16-22(7-10-37-26)30(34,35)36)20-5-6-25(38-17-20)39-23-8-11-42(12-9-23)28(43)19-3-2-4-21(15-19)29(31,32)33/h2-7,10,13-17,23H,8-9,11-12H2,1H3,(H,38,39)(H,37,40,41). The van der Waals surface area contributed by atoms with Crippen LogP contribution in [0.3, 0.4) is 0 Å². The quantitative estimate of drug-likeness (QED) is 0.225. The number of aryl methyl sites for hydroxylation is 1. The van der Waals surface area contributed by atoms with Crippen LogP contribution in [-0.4, -0.2) is 44.9 Å². The smallest absolute Gasteiger partial charge is 0.367 e. The van der Waals surface area contributed by atoms with E-state index in [4.69, 9.17) is 0 Å². The lowest BCUT2D eigenvalue weighted by Gasteiger charge is -2.32. The molecule has 4 heterocycles. The topological polar surface area (TPSA) is 83.0 Å². The Morgan fingerprint density at radius 3 is 2.23 bits per heavy atom. The zero-order valence-electron chi connectivity index (χ0n) is 22.8. The summed E-state index contributed by atoms with van der Waals surface area (Å²) in [5.41, 5.74) is 0.412. The van der Waals surface area contributed by atoms with E-state index >= 15 is 0 Å². The van der Waals surface area contributed by atoms with Crippen LogP contribution in [0.25, 0.3) is 11.3 Å². The Balaban J connectivity index is 1.19. The molecule has 43 heavy (non-hydrogen) atoms. The van der Waals surface area contributed by atoms with E-state index in [0.717, 1.165) is 36.0 Å². The maximum Gasteiger partial charge on any atom is 0.416 e. The van der Waals surface area contributed by atoms with E-state index in [-0.39, 0.29) is 17.4 Å². The highest BCUT2D eigenvalue weighted by molar-refractivity contribution is 5.94. The van der Waals surface area contributed by atoms with Gasteiger partial charge in [0.15, 0.2) is 0 Å². The number of halogens is 6. The molecule has 1 aliphatic rings. The molecule has 13 heteroatoms. The molecule has 1 fully saturated rings. The van der Waals surface area contributed by atoms with Gasteiger partial charge in [-0.1, -0.05) is 6.07 Å². The molecule has 1 saturated heterocycles. The highest BCUT2D eigenvalue weighted by Gasteiger charge is 2.32. The molecule has 1 aliphatic heterocycles. The average Bonchev–Trinajstić information content (AvgIpc) is 2.97. The van der Waals surface area contributed by atoms with Crippen molar-refractivity contribution >= 4 is 23.4 Å². The van der Waals surface area contributed by atoms with Gasteiger partial charge in [-0.3, -0.25) is 4.79 Å². The number of hydrogen-bond donors (Lipinski definition) is 2. The van der Waals surface area contributed by atoms with Crippen molar-refractivity contribution in [3.05, 3.63) is 95.3 Å². The molecule has 0 spiro atoms. The molecule has 1 aromatic carbocycles. The summed E-state index contributed by atoms with van der Waals surface area (Å²) in [6.45, 7) is 2.60. The highest BCUT2D eigenvalue weighted by atomic mass is 19.4. The number of nitrogens with zero attached hydrogens (tertiary/aromatic N) is 4. The first kappa shape index (κ1) is 29.8. The second kappa shape index (κ2) is 11.9. The number of benzene rings is 1. The third kappa shape index (κ3) is 7.40. The fourth-order valence-corrected chi connectivity index (χ4v) is 4.76. The lowest BCUT2D eigenvalue weighted by Crippen LogP contribution is -2.42. The summed E-state index contributed by atoms with van der Waals surface area (Å²) in [5, 5.41) is 6.16. The van der Waals surface area contributed by atoms with Crippen molar-refractivity contribution < 1.29 is 31.1 Å². The molecule has 1 amide bonds. The predicted molar refractivity (Wildman–Crippen MR) is 149 cm³/mol. The Labute approximate surface area is 243 Å². The third-order valence-electron chi connectivity index (χ3n) is 6.94. The second-order valence-electron chi connectivity index (χ2n) is 10.2. The number of rotatable bonds is 6. The molecule has 0 atom stereocenters. The van der Waals surface area contributed by atoms with Crippen molar-refractivity contribution in [1.29, 1.82) is 0 Å². The molecule has 0 unspecified atom stereocenters. The molecule has 0 bridgehead atoms. The monoisotopic (exact) mass is 600 g/mol. The molecule has 224 valence electrons. The van der Waals surface area contributed by atoms with Crippen molar-refractivity contribution in [3.8, 4) is 11.3 Å². The molecular weight excluding hydrogens is 574 g/mol. The number of carbonyl (C=O) groups excluding carboxylic acids is 1. The van der Waals surface area contributed by atoms with Crippen LogP contribution in [0.5, 0.6) is 0 Å². The number of amides is 1. The molecule has 2 N–H and O–H groups in total. The van der Waals surface area contributed by atoms with Crippen LogP contribution in [0, 0.1) is 6.92 Å². The van der Waals surface area contributed by atoms with E-state index in [2.05, 4.69) is 25.6 Å². The Morgan fingerprint density at radius 1 is 0.837 bits per heavy atom. The second-order valence-corrected chi connectivity index (χ2v) is 10.2. The van der Waals surface area contributed by atoms with E-state index in [1.54, 1.807) is 23.2 Å². The van der Waals surface area contributed by atoms with Crippen LogP contribution in [0.4, 0.5) is 43.8 Å². The Morgan fingerprint density at radius 2 is 1.56 bits per heavy atom. The maximum absolute atomic E-state index is 13.1. The van der Waals surface area contributed by atoms with Gasteiger partial charge in [0.2, 0.25) is 0 Å². The van der Waals surface area contributed by atoms with Gasteiger partial charge in [-0.2, -0.15) is 26.3 Å². The number of hydrogen-bond acceptors (Lipinski definition) is 6. The predicted octanol–water partition coefficient (Wildman–Crippen LogP) is 7.34. The fourth-order valence-electron chi connectivity index (χ4n) is 4.76. The van der Waals surface area contributed by atoms with Gasteiger partial charge in [-0.15, -0.1) is 0 Å². The molecule has 7 nitrogen and oxygen atoms in total. The van der Waals surface area contributed by atoms with Gasteiger partial charge >= 0.3 is 12.4 Å². The zero-order chi connectivity index (χ0) is 30.8. The lowest BCUT2D eigenvalue weighted by molar-refractivity contribution is -0.138. The van der Waals surface area contributed by atoms with Crippen LogP contribution >= 0.6 is 0 Å². The zero-order valence-corrected chi connectivity index (χ0v) is 22.8. The number of carbonyl (C=O) groups is 1. The summed E-state index contributed by atoms with van der Waals surface area (Å²) >= 11 is 0. The van der Waals surface area contributed by atoms with Gasteiger partial charge in [-0.05, 0) is 79.9 Å². The summed E-state index contributed by atoms with van der Waals surface area (Å²) < 4.78 is 78.3. The maximum atomic E-state index is 13.1. The molecule has 4 aromatic rings. The molecule has 0 aliphatic carbocycles. The van der Waals surface area contributed by atoms with Crippen molar-refractivity contribution in [2.24, 2.45) is 0 Å². The molecule has 0 saturated carbocycles. The van der Waals surface area contributed by atoms with Crippen molar-refractivity contribution in [2.45, 2.75) is 38.2 Å². The minimum atomic E-state index is -4.52. The van der Waals surface area contributed by atoms with Crippen molar-refractivity contribution in [1.82, 2.24) is 19.9 Å². The molecule has 5 rings (SSSR count). The number of pyridine rings is 3. The average molecular weight is 601 g/mol. The van der Waals surface area contributed by atoms with E-state index < -0.39 is 29.4 Å². The third-order valence-corrected chi connectivity index (χ3v) is 6.94. The van der Waals surface area contributed by atoms with Crippen molar-refractivity contribution in [3.63, 3.8) is 0 Å². The number of anilines is 3. The summed E-state index contributed by atoms with van der Waals surface area (Å²) in [4.78, 5) is 27.3. The largest absolute Gasteiger partial charge is 0.416 e. The van der Waals surface area contributed by atoms with Crippen LogP contribution in [0.1, 0.15) is 39.9 Å². The van der Waals surface area contributed by atoms with Crippen molar-refractivity contribution in [2.75, 3.05) is 23.7 Å². The molecule has 3 aromatic heterocycles. The van der Waals surface area contributed by atoms with E-state index in [1.807, 2.05) is 19.1 Å². The summed E-state index contributed by atoms with van der Waals surface area (Å²) in [7, 11) is 0. The highest BCUT2D eigenvalue weighted by Crippen LogP contribution is 2.32. The first-order valence-corrected chi connectivity index (χ1v) is 13.3. The van der Waals surface area contributed by atoms with Crippen LogP contribution < -0.4 is 10.6 Å². The Hall–Kier alpha value is -4.68. The number of nitrogens with one attached hydrogen (secondary N) is 2. The lowest BCUT2D eigenvalue weighted by atomic mass is 10.0. The Kier molecular flexibility index (Phi) is 8.25. The summed E-state index contributed by atoms with van der Waals surface area (Å²) in [6, 6.07) is 13.4. The van der Waals surface area contributed by atoms with Gasteiger partial charge in [0.05, 0.1) is 16.8 Å². The van der Waals surface area contributed by atoms with E-state index in [0.29, 0.717) is 48.8 Å². The number of aromatic nitrogens is 3. The van der Waals surface area contributed by atoms with Gasteiger partial charge in [-0.25, -0.2) is 15.0 Å². The summed E-state index contributed by atoms with van der Waals surface area (Å²) in [5.74, 6) is 0.510. The Bertz CT molecular complexity index is 1600. The van der Waals surface area contributed by atoms with Gasteiger partial charge in [0.1, 0.15) is 17.5 Å². The first-order chi connectivity index (χ1) is 20.3. The molecule has 0 radical (unpaired) electrons. The minimum Gasteiger partial charge on any atom is -0.367 e. The normalized spacial score (nSPS) is 14.4.